The van der Waals surface area contributed by atoms with Crippen LogP contribution in [0.15, 0.2) is 28.7 Å². The number of amides is 3. The number of carboxylic acid groups (broad SMARTS) is 1. The molecule has 26 heavy (non-hydrogen) atoms. The minimum atomic E-state index is -1.15. The average Bonchev–Trinajstić information content (AvgIpc) is 3.20. The third kappa shape index (κ3) is 3.63. The number of fused-ring (bicyclic) bond motifs is 1. The van der Waals surface area contributed by atoms with Crippen LogP contribution in [0, 0.1) is 0 Å². The Balaban J connectivity index is 1.73. The van der Waals surface area contributed by atoms with E-state index in [0.717, 1.165) is 6.42 Å². The van der Waals surface area contributed by atoms with Crippen LogP contribution in [0.5, 0.6) is 0 Å². The van der Waals surface area contributed by atoms with Gasteiger partial charge in [-0.25, -0.2) is 9.59 Å². The van der Waals surface area contributed by atoms with Gasteiger partial charge in [-0.1, -0.05) is 0 Å². The molecule has 138 valence electrons. The molecule has 1 atom stereocenters. The van der Waals surface area contributed by atoms with Crippen molar-refractivity contribution in [2.45, 2.75) is 38.8 Å². The number of rotatable bonds is 4. The first-order chi connectivity index (χ1) is 12.3. The molecule has 1 aromatic carbocycles. The second-order valence-corrected chi connectivity index (χ2v) is 6.61. The van der Waals surface area contributed by atoms with E-state index in [-0.39, 0.29) is 23.7 Å². The molecule has 0 saturated carbocycles. The lowest BCUT2D eigenvalue weighted by Crippen LogP contribution is -2.49. The standard InChI is InChI=1S/C18H21N3O5/c1-10(2)19-18(25)21-7-3-4-13(21)16(22)20-12-5-6-14-11(8-12)9-15(26-14)17(23)24/h5-6,8-10,13H,3-4,7H2,1-2H3,(H,19,25)(H,20,22)(H,23,24)/t13-/m0/s1. The van der Waals surface area contributed by atoms with Crippen molar-refractivity contribution in [2.75, 3.05) is 11.9 Å². The molecule has 0 radical (unpaired) electrons. The molecule has 3 N–H and O–H groups in total. The quantitative estimate of drug-likeness (QED) is 0.777. The van der Waals surface area contributed by atoms with Crippen molar-refractivity contribution in [2.24, 2.45) is 0 Å². The highest BCUT2D eigenvalue weighted by molar-refractivity contribution is 5.99. The van der Waals surface area contributed by atoms with Gasteiger partial charge in [0.2, 0.25) is 11.7 Å². The Morgan fingerprint density at radius 3 is 2.73 bits per heavy atom. The topological polar surface area (TPSA) is 112 Å². The molecule has 3 amide bonds. The largest absolute Gasteiger partial charge is 0.475 e. The van der Waals surface area contributed by atoms with Gasteiger partial charge in [-0.15, -0.1) is 0 Å². The fourth-order valence-corrected chi connectivity index (χ4v) is 3.06. The van der Waals surface area contributed by atoms with Crippen LogP contribution < -0.4 is 10.6 Å². The van der Waals surface area contributed by atoms with Crippen LogP contribution >= 0.6 is 0 Å². The summed E-state index contributed by atoms with van der Waals surface area (Å²) in [6.07, 6.45) is 1.38. The number of anilines is 1. The van der Waals surface area contributed by atoms with Gasteiger partial charge in [-0.3, -0.25) is 4.79 Å². The van der Waals surface area contributed by atoms with Crippen molar-refractivity contribution < 1.29 is 23.9 Å². The Kier molecular flexibility index (Phi) is 4.83. The summed E-state index contributed by atoms with van der Waals surface area (Å²) in [6, 6.07) is 5.54. The fraction of sp³-hybridized carbons (Fsp3) is 0.389. The number of benzene rings is 1. The molecule has 1 fully saturated rings. The first-order valence-electron chi connectivity index (χ1n) is 8.50. The maximum Gasteiger partial charge on any atom is 0.371 e. The third-order valence-corrected chi connectivity index (χ3v) is 4.22. The van der Waals surface area contributed by atoms with Crippen LogP contribution in [-0.2, 0) is 4.79 Å². The average molecular weight is 359 g/mol. The molecule has 8 nitrogen and oxygen atoms in total. The molecule has 0 bridgehead atoms. The Hall–Kier alpha value is -3.03. The van der Waals surface area contributed by atoms with E-state index in [1.165, 1.54) is 6.07 Å². The van der Waals surface area contributed by atoms with E-state index < -0.39 is 12.0 Å². The van der Waals surface area contributed by atoms with Crippen LogP contribution in [0.25, 0.3) is 11.0 Å². The van der Waals surface area contributed by atoms with Crippen molar-refractivity contribution in [1.82, 2.24) is 10.2 Å². The Morgan fingerprint density at radius 1 is 1.27 bits per heavy atom. The molecule has 2 aromatic rings. The van der Waals surface area contributed by atoms with Crippen LogP contribution in [0.1, 0.15) is 37.2 Å². The minimum absolute atomic E-state index is 0.00117. The molecule has 2 heterocycles. The highest BCUT2D eigenvalue weighted by Crippen LogP contribution is 2.24. The van der Waals surface area contributed by atoms with Crippen LogP contribution in [0.2, 0.25) is 0 Å². The van der Waals surface area contributed by atoms with E-state index >= 15 is 0 Å². The molecule has 8 heteroatoms. The number of hydrogen-bond acceptors (Lipinski definition) is 4. The zero-order valence-corrected chi connectivity index (χ0v) is 14.6. The molecule has 1 aliphatic rings. The van der Waals surface area contributed by atoms with E-state index in [9.17, 15) is 14.4 Å². The maximum absolute atomic E-state index is 12.6. The highest BCUT2D eigenvalue weighted by Gasteiger charge is 2.34. The van der Waals surface area contributed by atoms with Gasteiger partial charge in [0, 0.05) is 23.7 Å². The van der Waals surface area contributed by atoms with Gasteiger partial charge < -0.3 is 25.1 Å². The van der Waals surface area contributed by atoms with Gasteiger partial charge in [0.15, 0.2) is 0 Å². The fourth-order valence-electron chi connectivity index (χ4n) is 3.06. The molecule has 0 spiro atoms. The number of furan rings is 1. The number of hydrogen-bond donors (Lipinski definition) is 3. The van der Waals surface area contributed by atoms with E-state index in [0.29, 0.717) is 29.6 Å². The van der Waals surface area contributed by atoms with Crippen molar-refractivity contribution in [3.8, 4) is 0 Å². The van der Waals surface area contributed by atoms with E-state index in [2.05, 4.69) is 10.6 Å². The molecule has 1 aromatic heterocycles. The zero-order chi connectivity index (χ0) is 18.8. The van der Waals surface area contributed by atoms with E-state index in [1.54, 1.807) is 23.1 Å². The lowest BCUT2D eigenvalue weighted by molar-refractivity contribution is -0.119. The minimum Gasteiger partial charge on any atom is -0.475 e. The second-order valence-electron chi connectivity index (χ2n) is 6.61. The Labute approximate surface area is 150 Å². The molecule has 3 rings (SSSR count). The van der Waals surface area contributed by atoms with Gasteiger partial charge in [-0.2, -0.15) is 0 Å². The van der Waals surface area contributed by atoms with Crippen molar-refractivity contribution in [3.05, 3.63) is 30.0 Å². The highest BCUT2D eigenvalue weighted by atomic mass is 16.4. The smallest absolute Gasteiger partial charge is 0.371 e. The summed E-state index contributed by atoms with van der Waals surface area (Å²) in [7, 11) is 0. The number of nitrogens with zero attached hydrogens (tertiary/aromatic N) is 1. The van der Waals surface area contributed by atoms with Gasteiger partial charge in [-0.05, 0) is 51.0 Å². The number of carbonyl (C=O) groups excluding carboxylic acids is 2. The summed E-state index contributed by atoms with van der Waals surface area (Å²) < 4.78 is 5.20. The molecular formula is C18H21N3O5. The summed E-state index contributed by atoms with van der Waals surface area (Å²) >= 11 is 0. The van der Waals surface area contributed by atoms with Crippen molar-refractivity contribution in [1.29, 1.82) is 0 Å². The summed E-state index contributed by atoms with van der Waals surface area (Å²) in [5, 5.41) is 15.2. The lowest BCUT2D eigenvalue weighted by Gasteiger charge is -2.25. The van der Waals surface area contributed by atoms with Crippen molar-refractivity contribution >= 4 is 34.6 Å². The summed E-state index contributed by atoms with van der Waals surface area (Å²) in [5.74, 6) is -1.57. The molecule has 1 aliphatic heterocycles. The van der Waals surface area contributed by atoms with E-state index in [4.69, 9.17) is 9.52 Å². The first kappa shape index (κ1) is 17.8. The van der Waals surface area contributed by atoms with Gasteiger partial charge in [0.05, 0.1) is 0 Å². The normalized spacial score (nSPS) is 16.9. The van der Waals surface area contributed by atoms with Gasteiger partial charge in [0.1, 0.15) is 11.6 Å². The number of nitrogens with one attached hydrogen (secondary N) is 2. The molecule has 0 unspecified atom stereocenters. The van der Waals surface area contributed by atoms with Gasteiger partial charge >= 0.3 is 12.0 Å². The molecule has 0 aliphatic carbocycles. The summed E-state index contributed by atoms with van der Waals surface area (Å²) in [6.45, 7) is 4.28. The Bertz CT molecular complexity index is 858. The predicted octanol–water partition coefficient (Wildman–Crippen LogP) is 2.65. The summed E-state index contributed by atoms with van der Waals surface area (Å²) in [4.78, 5) is 37.4. The first-order valence-corrected chi connectivity index (χ1v) is 8.50. The van der Waals surface area contributed by atoms with Gasteiger partial charge in [0.25, 0.3) is 0 Å². The Morgan fingerprint density at radius 2 is 2.04 bits per heavy atom. The predicted molar refractivity (Wildman–Crippen MR) is 95.2 cm³/mol. The number of urea groups is 1. The number of aromatic carboxylic acids is 1. The molecular weight excluding hydrogens is 338 g/mol. The number of carbonyl (C=O) groups is 3. The van der Waals surface area contributed by atoms with E-state index in [1.807, 2.05) is 13.8 Å². The molecule has 1 saturated heterocycles. The maximum atomic E-state index is 12.6. The van der Waals surface area contributed by atoms with Crippen LogP contribution in [-0.4, -0.2) is 46.5 Å². The summed E-state index contributed by atoms with van der Waals surface area (Å²) in [5.41, 5.74) is 0.954. The number of carboxylic acids is 1. The number of likely N-dealkylation sites (tertiary alicyclic amines) is 1. The SMILES string of the molecule is CC(C)NC(=O)N1CCC[C@H]1C(=O)Nc1ccc2oc(C(=O)O)cc2c1. The monoisotopic (exact) mass is 359 g/mol. The second kappa shape index (κ2) is 7.07. The van der Waals surface area contributed by atoms with Crippen LogP contribution in [0.4, 0.5) is 10.5 Å². The lowest BCUT2D eigenvalue weighted by atomic mass is 10.2. The van der Waals surface area contributed by atoms with Crippen LogP contribution in [0.3, 0.4) is 0 Å². The third-order valence-electron chi connectivity index (χ3n) is 4.22. The zero-order valence-electron chi connectivity index (χ0n) is 14.6. The van der Waals surface area contributed by atoms with Crippen molar-refractivity contribution in [3.63, 3.8) is 0 Å².